The van der Waals surface area contributed by atoms with Gasteiger partial charge in [0.05, 0.1) is 5.41 Å². The molecule has 2 rings (SSSR count). The third kappa shape index (κ3) is 3.13. The first-order chi connectivity index (χ1) is 9.03. The summed E-state index contributed by atoms with van der Waals surface area (Å²) in [6.45, 7) is 3.98. The fraction of sp³-hybridized carbons (Fsp3) is 0.533. The van der Waals surface area contributed by atoms with Crippen LogP contribution in [0, 0.1) is 11.2 Å². The summed E-state index contributed by atoms with van der Waals surface area (Å²) in [5.41, 5.74) is 0.198. The molecule has 104 valence electrons. The second-order valence-electron chi connectivity index (χ2n) is 5.59. The van der Waals surface area contributed by atoms with Gasteiger partial charge in [-0.1, -0.05) is 18.2 Å². The number of piperidine rings is 1. The van der Waals surface area contributed by atoms with Crippen molar-refractivity contribution in [2.45, 2.75) is 26.3 Å². The Morgan fingerprint density at radius 2 is 2.21 bits per heavy atom. The molecule has 1 N–H and O–H groups in total. The lowest BCUT2D eigenvalue weighted by Crippen LogP contribution is -2.49. The van der Waals surface area contributed by atoms with E-state index in [0.717, 1.165) is 19.4 Å². The zero-order valence-electron chi connectivity index (χ0n) is 11.6. The van der Waals surface area contributed by atoms with Gasteiger partial charge in [0, 0.05) is 25.7 Å². The van der Waals surface area contributed by atoms with Crippen LogP contribution in [0.3, 0.4) is 0 Å². The van der Waals surface area contributed by atoms with Crippen molar-refractivity contribution in [3.63, 3.8) is 0 Å². The van der Waals surface area contributed by atoms with Crippen molar-refractivity contribution >= 4 is 5.91 Å². The van der Waals surface area contributed by atoms with Crippen LogP contribution in [-0.4, -0.2) is 30.9 Å². The maximum Gasteiger partial charge on any atom is 0.229 e. The highest BCUT2D eigenvalue weighted by atomic mass is 19.1. The maximum absolute atomic E-state index is 13.6. The predicted molar refractivity (Wildman–Crippen MR) is 73.1 cm³/mol. The highest BCUT2D eigenvalue weighted by Crippen LogP contribution is 2.28. The number of rotatable bonds is 3. The summed E-state index contributed by atoms with van der Waals surface area (Å²) in [5, 5.41) is 3.26. The third-order valence-corrected chi connectivity index (χ3v) is 3.83. The van der Waals surface area contributed by atoms with E-state index in [1.807, 2.05) is 6.92 Å². The molecule has 1 atom stereocenters. The summed E-state index contributed by atoms with van der Waals surface area (Å²) in [7, 11) is 1.74. The summed E-state index contributed by atoms with van der Waals surface area (Å²) in [6, 6.07) is 6.60. The monoisotopic (exact) mass is 264 g/mol. The van der Waals surface area contributed by atoms with E-state index in [4.69, 9.17) is 0 Å². The van der Waals surface area contributed by atoms with E-state index in [1.54, 1.807) is 30.1 Å². The van der Waals surface area contributed by atoms with E-state index in [1.165, 1.54) is 6.07 Å². The van der Waals surface area contributed by atoms with E-state index in [-0.39, 0.29) is 17.1 Å². The Morgan fingerprint density at radius 3 is 2.84 bits per heavy atom. The molecule has 1 heterocycles. The molecule has 1 unspecified atom stereocenters. The number of carbonyl (C=O) groups is 1. The Balaban J connectivity index is 2.05. The second kappa shape index (κ2) is 5.70. The van der Waals surface area contributed by atoms with Crippen LogP contribution in [0.15, 0.2) is 24.3 Å². The molecule has 1 amide bonds. The summed E-state index contributed by atoms with van der Waals surface area (Å²) >= 11 is 0. The predicted octanol–water partition coefficient (Wildman–Crippen LogP) is 2.17. The number of hydrogen-bond donors (Lipinski definition) is 1. The van der Waals surface area contributed by atoms with Crippen LogP contribution in [0.5, 0.6) is 0 Å². The lowest BCUT2D eigenvalue weighted by atomic mass is 9.81. The summed E-state index contributed by atoms with van der Waals surface area (Å²) in [6.07, 6.45) is 1.90. The lowest BCUT2D eigenvalue weighted by Gasteiger charge is -2.36. The Bertz CT molecular complexity index is 455. The number of nitrogens with zero attached hydrogens (tertiary/aromatic N) is 1. The molecule has 3 nitrogen and oxygen atoms in total. The van der Waals surface area contributed by atoms with Gasteiger partial charge >= 0.3 is 0 Å². The van der Waals surface area contributed by atoms with Gasteiger partial charge in [0.1, 0.15) is 5.82 Å². The molecule has 0 aliphatic carbocycles. The summed E-state index contributed by atoms with van der Waals surface area (Å²) in [4.78, 5) is 14.1. The number of carbonyl (C=O) groups excluding carboxylic acids is 1. The SMILES string of the molecule is CN(Cc1ccccc1F)C(=O)C1(C)CCCNC1. The molecule has 19 heavy (non-hydrogen) atoms. The minimum atomic E-state index is -0.363. The van der Waals surface area contributed by atoms with Crippen LogP contribution in [0.4, 0.5) is 4.39 Å². The maximum atomic E-state index is 13.6. The molecule has 0 aromatic heterocycles. The van der Waals surface area contributed by atoms with E-state index in [9.17, 15) is 9.18 Å². The number of amides is 1. The molecule has 0 spiro atoms. The highest BCUT2D eigenvalue weighted by Gasteiger charge is 2.36. The molecule has 4 heteroatoms. The van der Waals surface area contributed by atoms with Gasteiger partial charge < -0.3 is 10.2 Å². The topological polar surface area (TPSA) is 32.3 Å². The van der Waals surface area contributed by atoms with Crippen LogP contribution in [0.1, 0.15) is 25.3 Å². The number of benzene rings is 1. The number of halogens is 1. The molecule has 1 aromatic rings. The van der Waals surface area contributed by atoms with Crippen molar-refractivity contribution in [3.05, 3.63) is 35.6 Å². The van der Waals surface area contributed by atoms with Crippen molar-refractivity contribution in [1.29, 1.82) is 0 Å². The molecule has 1 aliphatic rings. The fourth-order valence-electron chi connectivity index (χ4n) is 2.65. The zero-order valence-corrected chi connectivity index (χ0v) is 11.6. The molecular formula is C15H21FN2O. The smallest absolute Gasteiger partial charge is 0.229 e. The van der Waals surface area contributed by atoms with Gasteiger partial charge in [-0.25, -0.2) is 4.39 Å². The zero-order chi connectivity index (χ0) is 13.9. The molecular weight excluding hydrogens is 243 g/mol. The van der Waals surface area contributed by atoms with Crippen molar-refractivity contribution in [3.8, 4) is 0 Å². The first-order valence-corrected chi connectivity index (χ1v) is 6.73. The van der Waals surface area contributed by atoms with Gasteiger partial charge in [-0.3, -0.25) is 4.79 Å². The first kappa shape index (κ1) is 14.0. The van der Waals surface area contributed by atoms with Crippen LogP contribution in [-0.2, 0) is 11.3 Å². The third-order valence-electron chi connectivity index (χ3n) is 3.83. The standard InChI is InChI=1S/C15H21FN2O/c1-15(8-5-9-17-11-15)14(19)18(2)10-12-6-3-4-7-13(12)16/h3-4,6-7,17H,5,8-11H2,1-2H3. The van der Waals surface area contributed by atoms with Crippen LogP contribution in [0.25, 0.3) is 0 Å². The van der Waals surface area contributed by atoms with E-state index in [2.05, 4.69) is 5.32 Å². The van der Waals surface area contributed by atoms with E-state index < -0.39 is 0 Å². The average Bonchev–Trinajstić information content (AvgIpc) is 2.41. The lowest BCUT2D eigenvalue weighted by molar-refractivity contribution is -0.141. The van der Waals surface area contributed by atoms with Gasteiger partial charge in [0.15, 0.2) is 0 Å². The summed E-state index contributed by atoms with van der Waals surface area (Å²) in [5.74, 6) is -0.169. The van der Waals surface area contributed by atoms with Crippen molar-refractivity contribution in [1.82, 2.24) is 10.2 Å². The number of nitrogens with one attached hydrogen (secondary N) is 1. The average molecular weight is 264 g/mol. The van der Waals surface area contributed by atoms with Gasteiger partial charge in [-0.2, -0.15) is 0 Å². The molecule has 0 radical (unpaired) electrons. The van der Waals surface area contributed by atoms with Gasteiger partial charge in [-0.05, 0) is 32.4 Å². The Morgan fingerprint density at radius 1 is 1.47 bits per heavy atom. The van der Waals surface area contributed by atoms with Crippen molar-refractivity contribution in [2.75, 3.05) is 20.1 Å². The quantitative estimate of drug-likeness (QED) is 0.907. The molecule has 0 bridgehead atoms. The Labute approximate surface area is 113 Å². The van der Waals surface area contributed by atoms with Gasteiger partial charge in [-0.15, -0.1) is 0 Å². The normalized spacial score (nSPS) is 23.1. The van der Waals surface area contributed by atoms with Crippen molar-refractivity contribution < 1.29 is 9.18 Å². The van der Waals surface area contributed by atoms with Crippen LogP contribution in [0.2, 0.25) is 0 Å². The van der Waals surface area contributed by atoms with Gasteiger partial charge in [0.25, 0.3) is 0 Å². The molecule has 1 aromatic carbocycles. The Hall–Kier alpha value is -1.42. The largest absolute Gasteiger partial charge is 0.341 e. The first-order valence-electron chi connectivity index (χ1n) is 6.73. The molecule has 1 aliphatic heterocycles. The minimum Gasteiger partial charge on any atom is -0.341 e. The van der Waals surface area contributed by atoms with Crippen molar-refractivity contribution in [2.24, 2.45) is 5.41 Å². The second-order valence-corrected chi connectivity index (χ2v) is 5.59. The van der Waals surface area contributed by atoms with Crippen LogP contribution < -0.4 is 5.32 Å². The van der Waals surface area contributed by atoms with Crippen LogP contribution >= 0.6 is 0 Å². The molecule has 0 saturated carbocycles. The summed E-state index contributed by atoms with van der Waals surface area (Å²) < 4.78 is 13.6. The highest BCUT2D eigenvalue weighted by molar-refractivity contribution is 5.82. The fourth-order valence-corrected chi connectivity index (χ4v) is 2.65. The molecule has 1 fully saturated rings. The molecule has 1 saturated heterocycles. The van der Waals surface area contributed by atoms with E-state index in [0.29, 0.717) is 18.7 Å². The van der Waals surface area contributed by atoms with E-state index >= 15 is 0 Å². The minimum absolute atomic E-state index is 0.0861. The van der Waals surface area contributed by atoms with Gasteiger partial charge in [0.2, 0.25) is 5.91 Å². The Kier molecular flexibility index (Phi) is 4.20. The number of hydrogen-bond acceptors (Lipinski definition) is 2.